The minimum absolute atomic E-state index is 0.0507. The zero-order chi connectivity index (χ0) is 14.5. The summed E-state index contributed by atoms with van der Waals surface area (Å²) in [7, 11) is 0. The van der Waals surface area contributed by atoms with Gasteiger partial charge >= 0.3 is 5.97 Å². The molecular formula is C14H16FNO4. The molecule has 0 radical (unpaired) electrons. The molecule has 108 valence electrons. The first-order chi connectivity index (χ1) is 9.56. The van der Waals surface area contributed by atoms with Crippen molar-refractivity contribution in [2.75, 3.05) is 19.7 Å². The highest BCUT2D eigenvalue weighted by Crippen LogP contribution is 2.17. The number of nitrogens with zero attached hydrogens (tertiary/aromatic N) is 1. The highest BCUT2D eigenvalue weighted by Gasteiger charge is 2.34. The van der Waals surface area contributed by atoms with E-state index in [1.165, 1.54) is 29.2 Å². The van der Waals surface area contributed by atoms with Gasteiger partial charge in [-0.2, -0.15) is 0 Å². The van der Waals surface area contributed by atoms with Crippen molar-refractivity contribution < 1.29 is 23.8 Å². The minimum Gasteiger partial charge on any atom is -0.494 e. The van der Waals surface area contributed by atoms with Gasteiger partial charge in [-0.05, 0) is 30.7 Å². The maximum absolute atomic E-state index is 12.7. The molecule has 0 aromatic heterocycles. The molecule has 0 atom stereocenters. The number of benzene rings is 1. The van der Waals surface area contributed by atoms with Crippen molar-refractivity contribution in [3.05, 3.63) is 30.1 Å². The Kier molecular flexibility index (Phi) is 4.55. The van der Waals surface area contributed by atoms with Crippen LogP contribution in [0, 0.1) is 11.7 Å². The molecule has 20 heavy (non-hydrogen) atoms. The average molecular weight is 281 g/mol. The van der Waals surface area contributed by atoms with E-state index in [4.69, 9.17) is 9.84 Å². The molecule has 5 nitrogen and oxygen atoms in total. The molecule has 0 saturated carbocycles. The van der Waals surface area contributed by atoms with Crippen molar-refractivity contribution in [3.63, 3.8) is 0 Å². The van der Waals surface area contributed by atoms with Crippen LogP contribution in [-0.4, -0.2) is 41.6 Å². The molecule has 1 heterocycles. The zero-order valence-corrected chi connectivity index (χ0v) is 10.9. The number of ether oxygens (including phenoxy) is 1. The first-order valence-electron chi connectivity index (χ1n) is 6.45. The molecule has 1 aliphatic rings. The molecule has 1 fully saturated rings. The Morgan fingerprint density at radius 3 is 2.55 bits per heavy atom. The first kappa shape index (κ1) is 14.3. The third-order valence-corrected chi connectivity index (χ3v) is 3.20. The number of aliphatic carboxylic acids is 1. The van der Waals surface area contributed by atoms with Gasteiger partial charge in [-0.3, -0.25) is 9.59 Å². The SMILES string of the molecule is O=C(O)C1CN(C(=O)CCCOc2ccc(F)cc2)C1. The lowest BCUT2D eigenvalue weighted by molar-refractivity contribution is -0.152. The number of carbonyl (C=O) groups is 2. The third kappa shape index (κ3) is 3.69. The molecule has 1 aliphatic heterocycles. The number of carboxylic acids is 1. The van der Waals surface area contributed by atoms with Crippen LogP contribution in [0.5, 0.6) is 5.75 Å². The van der Waals surface area contributed by atoms with Crippen molar-refractivity contribution in [1.82, 2.24) is 4.90 Å². The molecule has 1 aromatic carbocycles. The molecule has 1 amide bonds. The molecule has 0 spiro atoms. The summed E-state index contributed by atoms with van der Waals surface area (Å²) in [6, 6.07) is 5.69. The molecule has 1 saturated heterocycles. The standard InChI is InChI=1S/C14H16FNO4/c15-11-3-5-12(6-4-11)20-7-1-2-13(17)16-8-10(9-16)14(18)19/h3-6,10H,1-2,7-9H2,(H,18,19). The lowest BCUT2D eigenvalue weighted by atomic mass is 10.00. The number of hydrogen-bond acceptors (Lipinski definition) is 3. The van der Waals surface area contributed by atoms with Crippen LogP contribution in [-0.2, 0) is 9.59 Å². The average Bonchev–Trinajstić information content (AvgIpc) is 2.34. The number of amides is 1. The largest absolute Gasteiger partial charge is 0.494 e. The van der Waals surface area contributed by atoms with Crippen LogP contribution in [0.15, 0.2) is 24.3 Å². The molecule has 0 unspecified atom stereocenters. The Morgan fingerprint density at radius 1 is 1.30 bits per heavy atom. The summed E-state index contributed by atoms with van der Waals surface area (Å²) in [5.74, 6) is -1.08. The fourth-order valence-electron chi connectivity index (χ4n) is 1.94. The Balaban J connectivity index is 1.61. The molecule has 2 rings (SSSR count). The second kappa shape index (κ2) is 6.36. The fourth-order valence-corrected chi connectivity index (χ4v) is 1.94. The normalized spacial score (nSPS) is 14.8. The monoisotopic (exact) mass is 281 g/mol. The van der Waals surface area contributed by atoms with E-state index in [1.807, 2.05) is 0 Å². The number of carbonyl (C=O) groups excluding carboxylic acids is 1. The second-order valence-corrected chi connectivity index (χ2v) is 4.74. The van der Waals surface area contributed by atoms with Gasteiger partial charge in [0, 0.05) is 19.5 Å². The molecule has 0 aliphatic carbocycles. The van der Waals surface area contributed by atoms with Crippen molar-refractivity contribution in [2.24, 2.45) is 5.92 Å². The van der Waals surface area contributed by atoms with Crippen LogP contribution in [0.1, 0.15) is 12.8 Å². The Morgan fingerprint density at radius 2 is 1.95 bits per heavy atom. The quantitative estimate of drug-likeness (QED) is 0.803. The fraction of sp³-hybridized carbons (Fsp3) is 0.429. The molecule has 1 aromatic rings. The highest BCUT2D eigenvalue weighted by molar-refractivity contribution is 5.80. The summed E-state index contributed by atoms with van der Waals surface area (Å²) in [5.41, 5.74) is 0. The van der Waals surface area contributed by atoms with Gasteiger partial charge in [0.15, 0.2) is 0 Å². The summed E-state index contributed by atoms with van der Waals surface area (Å²) < 4.78 is 18.0. The first-order valence-corrected chi connectivity index (χ1v) is 6.45. The van der Waals surface area contributed by atoms with Crippen LogP contribution >= 0.6 is 0 Å². The molecule has 1 N–H and O–H groups in total. The van der Waals surface area contributed by atoms with E-state index >= 15 is 0 Å². The third-order valence-electron chi connectivity index (χ3n) is 3.20. The topological polar surface area (TPSA) is 66.8 Å². The van der Waals surface area contributed by atoms with Crippen molar-refractivity contribution >= 4 is 11.9 Å². The van der Waals surface area contributed by atoms with Crippen LogP contribution < -0.4 is 4.74 Å². The number of halogens is 1. The van der Waals surface area contributed by atoms with E-state index in [9.17, 15) is 14.0 Å². The van der Waals surface area contributed by atoms with Crippen LogP contribution in [0.25, 0.3) is 0 Å². The second-order valence-electron chi connectivity index (χ2n) is 4.74. The Hall–Kier alpha value is -2.11. The summed E-state index contributed by atoms with van der Waals surface area (Å²) >= 11 is 0. The van der Waals surface area contributed by atoms with E-state index in [0.717, 1.165) is 0 Å². The van der Waals surface area contributed by atoms with Crippen molar-refractivity contribution in [1.29, 1.82) is 0 Å². The summed E-state index contributed by atoms with van der Waals surface area (Å²) in [5, 5.41) is 8.71. The maximum atomic E-state index is 12.7. The van der Waals surface area contributed by atoms with Gasteiger partial charge in [-0.25, -0.2) is 4.39 Å². The number of carboxylic acid groups (broad SMARTS) is 1. The van der Waals surface area contributed by atoms with Gasteiger partial charge < -0.3 is 14.7 Å². The zero-order valence-electron chi connectivity index (χ0n) is 10.9. The molecular weight excluding hydrogens is 265 g/mol. The van der Waals surface area contributed by atoms with E-state index < -0.39 is 11.9 Å². The van der Waals surface area contributed by atoms with E-state index in [1.54, 1.807) is 0 Å². The summed E-state index contributed by atoms with van der Waals surface area (Å²) in [6.45, 7) is 0.966. The smallest absolute Gasteiger partial charge is 0.310 e. The number of hydrogen-bond donors (Lipinski definition) is 1. The van der Waals surface area contributed by atoms with Gasteiger partial charge in [-0.15, -0.1) is 0 Å². The summed E-state index contributed by atoms with van der Waals surface area (Å²) in [6.07, 6.45) is 0.873. The van der Waals surface area contributed by atoms with Crippen LogP contribution in [0.2, 0.25) is 0 Å². The van der Waals surface area contributed by atoms with Gasteiger partial charge in [0.1, 0.15) is 11.6 Å². The van der Waals surface area contributed by atoms with E-state index in [2.05, 4.69) is 0 Å². The van der Waals surface area contributed by atoms with E-state index in [-0.39, 0.29) is 11.7 Å². The maximum Gasteiger partial charge on any atom is 0.310 e. The minimum atomic E-state index is -0.853. The molecule has 6 heteroatoms. The number of likely N-dealkylation sites (tertiary alicyclic amines) is 1. The lowest BCUT2D eigenvalue weighted by Crippen LogP contribution is -2.53. The highest BCUT2D eigenvalue weighted by atomic mass is 19.1. The predicted octanol–water partition coefficient (Wildman–Crippen LogP) is 1.53. The van der Waals surface area contributed by atoms with Gasteiger partial charge in [-0.1, -0.05) is 0 Å². The predicted molar refractivity (Wildman–Crippen MR) is 68.8 cm³/mol. The van der Waals surface area contributed by atoms with Gasteiger partial charge in [0.05, 0.1) is 12.5 Å². The lowest BCUT2D eigenvalue weighted by Gasteiger charge is -2.36. The Bertz CT molecular complexity index is 482. The number of rotatable bonds is 6. The van der Waals surface area contributed by atoms with Gasteiger partial charge in [0.2, 0.25) is 5.91 Å². The summed E-state index contributed by atoms with van der Waals surface area (Å²) in [4.78, 5) is 23.8. The van der Waals surface area contributed by atoms with Gasteiger partial charge in [0.25, 0.3) is 0 Å². The van der Waals surface area contributed by atoms with Crippen molar-refractivity contribution in [3.8, 4) is 5.75 Å². The Labute approximate surface area is 116 Å². The van der Waals surface area contributed by atoms with Crippen LogP contribution in [0.4, 0.5) is 4.39 Å². The van der Waals surface area contributed by atoms with Crippen LogP contribution in [0.3, 0.4) is 0 Å². The van der Waals surface area contributed by atoms with E-state index in [0.29, 0.717) is 38.3 Å². The van der Waals surface area contributed by atoms with Crippen molar-refractivity contribution in [2.45, 2.75) is 12.8 Å². The molecule has 0 bridgehead atoms.